The third-order valence-electron chi connectivity index (χ3n) is 1.96. The van der Waals surface area contributed by atoms with E-state index in [1.807, 2.05) is 0 Å². The van der Waals surface area contributed by atoms with Crippen molar-refractivity contribution >= 4 is 11.7 Å². The lowest BCUT2D eigenvalue weighted by Crippen LogP contribution is -2.11. The van der Waals surface area contributed by atoms with Gasteiger partial charge in [-0.2, -0.15) is 0 Å². The van der Waals surface area contributed by atoms with Crippen molar-refractivity contribution in [3.05, 3.63) is 33.9 Å². The van der Waals surface area contributed by atoms with Gasteiger partial charge in [0.2, 0.25) is 0 Å². The molecule has 0 heterocycles. The molecule has 0 aliphatic heterocycles. The lowest BCUT2D eigenvalue weighted by Gasteiger charge is -2.10. The Morgan fingerprint density at radius 3 is 2.62 bits per heavy atom. The fourth-order valence-corrected chi connectivity index (χ4v) is 1.17. The molecule has 7 nitrogen and oxygen atoms in total. The van der Waals surface area contributed by atoms with Crippen molar-refractivity contribution in [2.45, 2.75) is 6.10 Å². The Balaban J connectivity index is 3.21. The molecule has 1 aromatic rings. The summed E-state index contributed by atoms with van der Waals surface area (Å²) in [6.07, 6.45) is -1.77. The van der Waals surface area contributed by atoms with E-state index in [-0.39, 0.29) is 17.0 Å². The quantitative estimate of drug-likeness (QED) is 0.579. The number of non-ortho nitro benzene ring substituents is 1. The first-order valence-corrected chi connectivity index (χ1v) is 4.20. The molecule has 86 valence electrons. The Morgan fingerprint density at radius 2 is 2.19 bits per heavy atom. The van der Waals surface area contributed by atoms with E-state index < -0.39 is 17.0 Å². The Morgan fingerprint density at radius 1 is 1.56 bits per heavy atom. The van der Waals surface area contributed by atoms with Crippen molar-refractivity contribution in [3.63, 3.8) is 0 Å². The van der Waals surface area contributed by atoms with Gasteiger partial charge in [-0.15, -0.1) is 0 Å². The zero-order valence-corrected chi connectivity index (χ0v) is 8.28. The van der Waals surface area contributed by atoms with Crippen LogP contribution < -0.4 is 4.74 Å². The van der Waals surface area contributed by atoms with Gasteiger partial charge in [-0.05, 0) is 6.07 Å². The zero-order valence-electron chi connectivity index (χ0n) is 8.28. The van der Waals surface area contributed by atoms with Gasteiger partial charge in [0.25, 0.3) is 5.69 Å². The van der Waals surface area contributed by atoms with Gasteiger partial charge in [-0.25, -0.2) is 4.79 Å². The molecule has 16 heavy (non-hydrogen) atoms. The minimum Gasteiger partial charge on any atom is -0.496 e. The number of methoxy groups -OCH3 is 1. The fourth-order valence-electron chi connectivity index (χ4n) is 1.17. The number of carbonyl (C=O) groups is 1. The van der Waals surface area contributed by atoms with E-state index in [4.69, 9.17) is 9.84 Å². The van der Waals surface area contributed by atoms with E-state index >= 15 is 0 Å². The number of nitro groups is 1. The van der Waals surface area contributed by atoms with Crippen molar-refractivity contribution in [1.29, 1.82) is 0 Å². The standard InChI is InChI=1S/C9H9NO6/c1-16-7-4-5(10(14)15)2-3-6(7)8(11)9(12)13/h2-4,8,11H,1H3,(H,12,13). The van der Waals surface area contributed by atoms with Crippen LogP contribution in [0.2, 0.25) is 0 Å². The second-order valence-electron chi connectivity index (χ2n) is 2.92. The molecule has 0 aliphatic carbocycles. The highest BCUT2D eigenvalue weighted by molar-refractivity contribution is 5.75. The third-order valence-corrected chi connectivity index (χ3v) is 1.96. The van der Waals surface area contributed by atoms with Crippen LogP contribution in [0.3, 0.4) is 0 Å². The monoisotopic (exact) mass is 227 g/mol. The number of aliphatic carboxylic acids is 1. The van der Waals surface area contributed by atoms with Crippen LogP contribution in [0.5, 0.6) is 5.75 Å². The predicted molar refractivity (Wildman–Crippen MR) is 52.2 cm³/mol. The third kappa shape index (κ3) is 2.26. The van der Waals surface area contributed by atoms with E-state index in [2.05, 4.69) is 0 Å². The molecule has 0 spiro atoms. The second-order valence-corrected chi connectivity index (χ2v) is 2.92. The highest BCUT2D eigenvalue weighted by Crippen LogP contribution is 2.29. The Labute approximate surface area is 90.0 Å². The van der Waals surface area contributed by atoms with Crippen LogP contribution in [0.4, 0.5) is 5.69 Å². The molecule has 0 aromatic heterocycles. The number of aliphatic hydroxyl groups excluding tert-OH is 1. The van der Waals surface area contributed by atoms with Gasteiger partial charge in [0, 0.05) is 11.6 Å². The molecule has 0 saturated carbocycles. The first kappa shape index (κ1) is 11.9. The maximum atomic E-state index is 10.5. The van der Waals surface area contributed by atoms with Crippen LogP contribution in [0, 0.1) is 10.1 Å². The van der Waals surface area contributed by atoms with Crippen molar-refractivity contribution in [2.24, 2.45) is 0 Å². The summed E-state index contributed by atoms with van der Waals surface area (Å²) < 4.78 is 4.78. The average molecular weight is 227 g/mol. The van der Waals surface area contributed by atoms with Crippen LogP contribution in [-0.4, -0.2) is 28.2 Å². The molecule has 1 unspecified atom stereocenters. The smallest absolute Gasteiger partial charge is 0.337 e. The maximum Gasteiger partial charge on any atom is 0.337 e. The molecule has 2 N–H and O–H groups in total. The molecule has 0 aliphatic rings. The molecule has 0 bridgehead atoms. The van der Waals surface area contributed by atoms with E-state index in [0.29, 0.717) is 0 Å². The largest absolute Gasteiger partial charge is 0.496 e. The molecule has 0 fully saturated rings. The molecule has 7 heteroatoms. The number of carboxylic acids is 1. The van der Waals surface area contributed by atoms with Crippen LogP contribution in [-0.2, 0) is 4.79 Å². The minimum atomic E-state index is -1.77. The molecule has 1 atom stereocenters. The fraction of sp³-hybridized carbons (Fsp3) is 0.222. The molecule has 0 amide bonds. The molecule has 0 radical (unpaired) electrons. The SMILES string of the molecule is COc1cc([N+](=O)[O-])ccc1C(O)C(=O)O. The minimum absolute atomic E-state index is 0.0272. The molecular formula is C9H9NO6. The van der Waals surface area contributed by atoms with E-state index in [1.165, 1.54) is 7.11 Å². The summed E-state index contributed by atoms with van der Waals surface area (Å²) in [6.45, 7) is 0. The number of nitro benzene ring substituents is 1. The Bertz CT molecular complexity index is 430. The van der Waals surface area contributed by atoms with Crippen molar-refractivity contribution in [1.82, 2.24) is 0 Å². The molecule has 1 aromatic carbocycles. The molecule has 0 saturated heterocycles. The number of hydrogen-bond donors (Lipinski definition) is 2. The van der Waals surface area contributed by atoms with E-state index in [0.717, 1.165) is 18.2 Å². The second kappa shape index (κ2) is 4.58. The van der Waals surface area contributed by atoms with Gasteiger partial charge in [0.05, 0.1) is 18.1 Å². The van der Waals surface area contributed by atoms with Crippen LogP contribution >= 0.6 is 0 Å². The van der Waals surface area contributed by atoms with Gasteiger partial charge in [0.1, 0.15) is 5.75 Å². The number of nitrogens with zero attached hydrogens (tertiary/aromatic N) is 1. The first-order chi connectivity index (χ1) is 7.47. The number of carboxylic acid groups (broad SMARTS) is 1. The first-order valence-electron chi connectivity index (χ1n) is 4.20. The van der Waals surface area contributed by atoms with Crippen molar-refractivity contribution in [2.75, 3.05) is 7.11 Å². The summed E-state index contributed by atoms with van der Waals surface area (Å²) in [6, 6.07) is 3.31. The zero-order chi connectivity index (χ0) is 12.3. The number of rotatable bonds is 4. The van der Waals surface area contributed by atoms with Crippen LogP contribution in [0.15, 0.2) is 18.2 Å². The van der Waals surface area contributed by atoms with E-state index in [9.17, 15) is 20.0 Å². The number of aliphatic hydroxyl groups is 1. The summed E-state index contributed by atoms with van der Waals surface area (Å²) in [4.78, 5) is 20.4. The number of ether oxygens (including phenoxy) is 1. The average Bonchev–Trinajstić information content (AvgIpc) is 2.26. The van der Waals surface area contributed by atoms with Gasteiger partial charge in [-0.1, -0.05) is 0 Å². The summed E-state index contributed by atoms with van der Waals surface area (Å²) in [5, 5.41) is 28.3. The topological polar surface area (TPSA) is 110 Å². The number of benzene rings is 1. The van der Waals surface area contributed by atoms with Crippen LogP contribution in [0.1, 0.15) is 11.7 Å². The van der Waals surface area contributed by atoms with Gasteiger partial charge >= 0.3 is 5.97 Å². The Hall–Kier alpha value is -2.15. The molecular weight excluding hydrogens is 218 g/mol. The van der Waals surface area contributed by atoms with E-state index in [1.54, 1.807) is 0 Å². The van der Waals surface area contributed by atoms with Gasteiger partial charge < -0.3 is 14.9 Å². The highest BCUT2D eigenvalue weighted by Gasteiger charge is 2.22. The summed E-state index contributed by atoms with van der Waals surface area (Å²) in [5.74, 6) is -1.49. The number of hydrogen-bond acceptors (Lipinski definition) is 5. The lowest BCUT2D eigenvalue weighted by molar-refractivity contribution is -0.385. The Kier molecular flexibility index (Phi) is 3.41. The summed E-state index contributed by atoms with van der Waals surface area (Å²) in [7, 11) is 1.23. The van der Waals surface area contributed by atoms with Gasteiger partial charge in [-0.3, -0.25) is 10.1 Å². The summed E-state index contributed by atoms with van der Waals surface area (Å²) in [5.41, 5.74) is -0.265. The van der Waals surface area contributed by atoms with Crippen LogP contribution in [0.25, 0.3) is 0 Å². The molecule has 1 rings (SSSR count). The van der Waals surface area contributed by atoms with Gasteiger partial charge in [0.15, 0.2) is 6.10 Å². The summed E-state index contributed by atoms with van der Waals surface area (Å²) >= 11 is 0. The highest BCUT2D eigenvalue weighted by atomic mass is 16.6. The van der Waals surface area contributed by atoms with Crippen molar-refractivity contribution in [3.8, 4) is 5.75 Å². The lowest BCUT2D eigenvalue weighted by atomic mass is 10.1. The maximum absolute atomic E-state index is 10.5. The predicted octanol–water partition coefficient (Wildman–Crippen LogP) is 0.721. The van der Waals surface area contributed by atoms with Crippen molar-refractivity contribution < 1.29 is 24.7 Å². The normalized spacial score (nSPS) is 11.9.